The number of carboxylic acids is 2. The molecule has 0 saturated heterocycles. The molecule has 8 N–H and O–H groups in total. The zero-order valence-corrected chi connectivity index (χ0v) is 47.2. The van der Waals surface area contributed by atoms with Crippen molar-refractivity contribution >= 4 is 59.8 Å². The van der Waals surface area contributed by atoms with Gasteiger partial charge in [0.1, 0.15) is 61.5 Å². The Balaban J connectivity index is 1.16. The zero-order valence-electron chi connectivity index (χ0n) is 47.2. The van der Waals surface area contributed by atoms with Gasteiger partial charge in [-0.25, -0.2) is 9.59 Å². The fourth-order valence-electron chi connectivity index (χ4n) is 8.15. The Labute approximate surface area is 485 Å². The molecule has 4 amide bonds. The van der Waals surface area contributed by atoms with Crippen molar-refractivity contribution in [1.29, 1.82) is 0 Å². The van der Waals surface area contributed by atoms with Crippen LogP contribution in [0.1, 0.15) is 101 Å². The van der Waals surface area contributed by atoms with E-state index in [4.69, 9.17) is 38.6 Å². The number of phenolic OH excluding ortho intramolecular Hbond substituents is 2. The molecule has 4 aromatic rings. The lowest BCUT2D eigenvalue weighted by Gasteiger charge is -2.25. The van der Waals surface area contributed by atoms with Crippen molar-refractivity contribution in [3.8, 4) is 23.0 Å². The maximum absolute atomic E-state index is 13.4. The molecule has 0 aliphatic rings. The van der Waals surface area contributed by atoms with Gasteiger partial charge in [0.05, 0.1) is 11.3 Å². The summed E-state index contributed by atoms with van der Waals surface area (Å²) in [5.74, 6) is -5.51. The number of ether oxygens (including phenoxy) is 6. The first-order chi connectivity index (χ1) is 40.0. The van der Waals surface area contributed by atoms with Crippen molar-refractivity contribution in [2.24, 2.45) is 11.3 Å². The number of hydrogen-bond acceptors (Lipinski definition) is 18. The lowest BCUT2D eigenvalue weighted by Crippen LogP contribution is -2.48. The Morgan fingerprint density at radius 2 is 0.833 bits per heavy atom. The molecule has 4 aromatic carbocycles. The maximum Gasteiger partial charge on any atom is 0.407 e. The number of esters is 4. The molecule has 454 valence electrons. The van der Waals surface area contributed by atoms with Crippen LogP contribution in [0.5, 0.6) is 23.0 Å². The molecule has 0 aliphatic carbocycles. The van der Waals surface area contributed by atoms with E-state index >= 15 is 0 Å². The van der Waals surface area contributed by atoms with E-state index in [0.717, 1.165) is 11.1 Å². The molecule has 0 heterocycles. The minimum absolute atomic E-state index is 0.00590. The summed E-state index contributed by atoms with van der Waals surface area (Å²) in [7, 11) is 0. The van der Waals surface area contributed by atoms with E-state index in [1.54, 1.807) is 86.6 Å². The van der Waals surface area contributed by atoms with Crippen molar-refractivity contribution in [2.75, 3.05) is 39.5 Å². The highest BCUT2D eigenvalue weighted by molar-refractivity contribution is 5.87. The van der Waals surface area contributed by atoms with E-state index in [2.05, 4.69) is 21.3 Å². The fraction of sp³-hybridized carbons (Fsp3) is 0.433. The first-order valence-corrected chi connectivity index (χ1v) is 27.4. The standard InChI is InChI=1S/C60H74N4O20/c1-39(56(75)79-32-34-81-58(77)63-48(36-42-12-20-44(65)21-13-42)54(73)61-30-28-40-16-24-46(25-17-40)83-52(71)10-6-4-8-50(67)68)38-60(2,3)57(76)80-33-35-82-59(78)64-49(37-43-14-22-45(66)23-15-43)55(74)62-31-29-41-18-26-47(27-19-41)84-53(72)11-7-5-9-51(69)70/h12-27,39,48-49,65-66H,4-11,28-38H2,1-3H3,(H,61,73)(H,62,74)(H,63,77)(H,64,78)(H,67,68)(H,69,70)/t39?,48-,49-/m0/s1. The second-order valence-electron chi connectivity index (χ2n) is 20.2. The highest BCUT2D eigenvalue weighted by atomic mass is 16.6. The molecule has 24 heteroatoms. The highest BCUT2D eigenvalue weighted by Gasteiger charge is 2.34. The molecule has 84 heavy (non-hydrogen) atoms. The fourth-order valence-corrected chi connectivity index (χ4v) is 8.15. The third kappa shape index (κ3) is 27.0. The lowest BCUT2D eigenvalue weighted by molar-refractivity contribution is -0.158. The predicted molar refractivity (Wildman–Crippen MR) is 299 cm³/mol. The van der Waals surface area contributed by atoms with Gasteiger partial charge in [0.15, 0.2) is 0 Å². The quantitative estimate of drug-likeness (QED) is 0.0111. The third-order valence-electron chi connectivity index (χ3n) is 12.6. The predicted octanol–water partition coefficient (Wildman–Crippen LogP) is 6.03. The summed E-state index contributed by atoms with van der Waals surface area (Å²) < 4.78 is 31.7. The zero-order chi connectivity index (χ0) is 61.4. The van der Waals surface area contributed by atoms with Crippen molar-refractivity contribution in [3.63, 3.8) is 0 Å². The van der Waals surface area contributed by atoms with Crippen molar-refractivity contribution < 1.29 is 96.8 Å². The molecule has 24 nitrogen and oxygen atoms in total. The Bertz CT molecular complexity index is 2810. The normalized spacial score (nSPS) is 12.0. The number of rotatable bonds is 36. The van der Waals surface area contributed by atoms with Crippen LogP contribution in [-0.2, 0) is 83.0 Å². The second kappa shape index (κ2) is 35.6. The van der Waals surface area contributed by atoms with Crippen LogP contribution in [0, 0.1) is 11.3 Å². The summed E-state index contributed by atoms with van der Waals surface area (Å²) in [6.45, 7) is 3.51. The largest absolute Gasteiger partial charge is 0.508 e. The Morgan fingerprint density at radius 1 is 0.476 bits per heavy atom. The van der Waals surface area contributed by atoms with Crippen LogP contribution < -0.4 is 30.7 Å². The molecule has 0 fully saturated rings. The van der Waals surface area contributed by atoms with Crippen molar-refractivity contribution in [2.45, 2.75) is 116 Å². The Morgan fingerprint density at radius 3 is 1.23 bits per heavy atom. The molecular formula is C60H74N4O20. The van der Waals surface area contributed by atoms with Gasteiger partial charge < -0.3 is 70.1 Å². The number of carbonyl (C=O) groups is 10. The topological polar surface area (TPSA) is 355 Å². The number of hydrogen-bond donors (Lipinski definition) is 8. The number of nitrogens with one attached hydrogen (secondary N) is 4. The molecule has 0 aromatic heterocycles. The van der Waals surface area contributed by atoms with Gasteiger partial charge in [0.25, 0.3) is 0 Å². The molecule has 0 aliphatic heterocycles. The highest BCUT2D eigenvalue weighted by Crippen LogP contribution is 2.28. The SMILES string of the molecule is CC(CC(C)(C)C(=O)OCCOC(=O)N[C@@H](Cc1ccc(O)cc1)C(=O)NCCc1ccc(OC(=O)CCCCC(=O)O)cc1)C(=O)OCCOC(=O)N[C@@H](Cc1ccc(O)cc1)C(=O)NCCc1ccc(OC(=O)CCCCC(=O)O)cc1. The first kappa shape index (κ1) is 67.3. The summed E-state index contributed by atoms with van der Waals surface area (Å²) in [5.41, 5.74) is 1.63. The van der Waals surface area contributed by atoms with Crippen LogP contribution in [-0.4, -0.2) is 132 Å². The summed E-state index contributed by atoms with van der Waals surface area (Å²) in [4.78, 5) is 124. The lowest BCUT2D eigenvalue weighted by atomic mass is 9.83. The van der Waals surface area contributed by atoms with Crippen LogP contribution >= 0.6 is 0 Å². The number of carbonyl (C=O) groups excluding carboxylic acids is 8. The van der Waals surface area contributed by atoms with Crippen LogP contribution in [0.2, 0.25) is 0 Å². The Kier molecular flexibility index (Phi) is 28.5. The number of carboxylic acid groups (broad SMARTS) is 2. The minimum atomic E-state index is -1.22. The van der Waals surface area contributed by atoms with Gasteiger partial charge in [-0.15, -0.1) is 0 Å². The summed E-state index contributed by atoms with van der Waals surface area (Å²) in [6, 6.07) is 23.2. The molecule has 0 saturated carbocycles. The van der Waals surface area contributed by atoms with Crippen LogP contribution in [0.25, 0.3) is 0 Å². The van der Waals surface area contributed by atoms with Gasteiger partial charge in [-0.1, -0.05) is 55.5 Å². The molecule has 0 spiro atoms. The third-order valence-corrected chi connectivity index (χ3v) is 12.6. The molecule has 4 rings (SSSR count). The average molecular weight is 1170 g/mol. The van der Waals surface area contributed by atoms with E-state index in [-0.39, 0.29) is 96.0 Å². The van der Waals surface area contributed by atoms with Gasteiger partial charge in [-0.2, -0.15) is 0 Å². The molecule has 3 atom stereocenters. The van der Waals surface area contributed by atoms with Gasteiger partial charge in [0.2, 0.25) is 11.8 Å². The average Bonchev–Trinajstić information content (AvgIpc) is 3.60. The van der Waals surface area contributed by atoms with Crippen LogP contribution in [0.3, 0.4) is 0 Å². The van der Waals surface area contributed by atoms with Crippen molar-refractivity contribution in [3.05, 3.63) is 119 Å². The number of alkyl carbamates (subject to hydrolysis) is 2. The second-order valence-corrected chi connectivity index (χ2v) is 20.2. The van der Waals surface area contributed by atoms with Crippen LogP contribution in [0.4, 0.5) is 9.59 Å². The number of phenols is 2. The number of aliphatic carboxylic acids is 2. The number of amides is 4. The molecular weight excluding hydrogens is 1100 g/mol. The molecule has 0 bridgehead atoms. The summed E-state index contributed by atoms with van der Waals surface area (Å²) in [6.07, 6.45) is 0.427. The minimum Gasteiger partial charge on any atom is -0.508 e. The van der Waals surface area contributed by atoms with E-state index in [1.165, 1.54) is 31.2 Å². The van der Waals surface area contributed by atoms with Crippen LogP contribution in [0.15, 0.2) is 97.1 Å². The number of benzene rings is 4. The van der Waals surface area contributed by atoms with Gasteiger partial charge in [-0.3, -0.25) is 38.4 Å². The van der Waals surface area contributed by atoms with E-state index in [0.29, 0.717) is 61.2 Å². The van der Waals surface area contributed by atoms with Gasteiger partial charge >= 0.3 is 48.0 Å². The van der Waals surface area contributed by atoms with E-state index in [1.807, 2.05) is 0 Å². The first-order valence-electron chi connectivity index (χ1n) is 27.4. The van der Waals surface area contributed by atoms with Crippen molar-refractivity contribution in [1.82, 2.24) is 21.3 Å². The van der Waals surface area contributed by atoms with E-state index in [9.17, 15) is 58.2 Å². The summed E-state index contributed by atoms with van der Waals surface area (Å²) >= 11 is 0. The summed E-state index contributed by atoms with van der Waals surface area (Å²) in [5, 5.41) is 47.6. The smallest absolute Gasteiger partial charge is 0.407 e. The Hall–Kier alpha value is -9.22. The maximum atomic E-state index is 13.4. The van der Waals surface area contributed by atoms with Gasteiger partial charge in [-0.05, 0) is 130 Å². The van der Waals surface area contributed by atoms with Gasteiger partial charge in [0, 0.05) is 51.6 Å². The number of unbranched alkanes of at least 4 members (excludes halogenated alkanes) is 2. The van der Waals surface area contributed by atoms with E-state index < -0.39 is 83.2 Å². The number of aromatic hydroxyl groups is 2. The monoisotopic (exact) mass is 1170 g/mol. The molecule has 0 radical (unpaired) electrons. The molecule has 1 unspecified atom stereocenters.